The zero-order valence-electron chi connectivity index (χ0n) is 44.7. The Labute approximate surface area is 450 Å². The van der Waals surface area contributed by atoms with E-state index in [-0.39, 0.29) is 12.3 Å². The van der Waals surface area contributed by atoms with Crippen molar-refractivity contribution in [1.29, 1.82) is 0 Å². The van der Waals surface area contributed by atoms with Crippen molar-refractivity contribution < 1.29 is 89.4 Å². The van der Waals surface area contributed by atoms with Crippen LogP contribution >= 0.6 is 0 Å². The number of aliphatic hydroxyl groups is 11. The summed E-state index contributed by atoms with van der Waals surface area (Å²) in [5.74, 6) is -0.353. The molecule has 0 radical (unpaired) electrons. The third-order valence-electron chi connectivity index (χ3n) is 13.1. The number of amides is 1. The molecule has 3 aliphatic heterocycles. The lowest BCUT2D eigenvalue weighted by molar-refractivity contribution is -0.379. The fraction of sp³-hybridized carbons (Fsp3) is 0.702. The number of aliphatic hydroxyl groups excluding tert-OH is 11. The van der Waals surface area contributed by atoms with Crippen molar-refractivity contribution in [3.63, 3.8) is 0 Å². The first-order valence-corrected chi connectivity index (χ1v) is 27.5. The molecule has 0 saturated carbocycles. The maximum Gasteiger partial charge on any atom is 0.220 e. The summed E-state index contributed by atoms with van der Waals surface area (Å²) >= 11 is 0. The predicted molar refractivity (Wildman–Crippen MR) is 286 cm³/mol. The average Bonchev–Trinajstić information content (AvgIpc) is 3.41. The van der Waals surface area contributed by atoms with Gasteiger partial charge in [-0.05, 0) is 83.5 Å². The first-order valence-electron chi connectivity index (χ1n) is 27.5. The topological polar surface area (TPSA) is 307 Å². The van der Waals surface area contributed by atoms with Gasteiger partial charge in [-0.15, -0.1) is 0 Å². The molecule has 0 aromatic rings. The molecule has 3 aliphatic rings. The van der Waals surface area contributed by atoms with Gasteiger partial charge < -0.3 is 89.9 Å². The largest absolute Gasteiger partial charge is 0.394 e. The molecule has 17 atom stereocenters. The van der Waals surface area contributed by atoms with Crippen molar-refractivity contribution in [1.82, 2.24) is 5.32 Å². The van der Waals surface area contributed by atoms with Gasteiger partial charge in [-0.1, -0.05) is 130 Å². The molecule has 17 unspecified atom stereocenters. The molecule has 76 heavy (non-hydrogen) atoms. The molecule has 19 nitrogen and oxygen atoms in total. The van der Waals surface area contributed by atoms with Gasteiger partial charge in [0.1, 0.15) is 73.2 Å². The highest BCUT2D eigenvalue weighted by Crippen LogP contribution is 2.33. The maximum absolute atomic E-state index is 13.2. The van der Waals surface area contributed by atoms with Crippen LogP contribution in [-0.4, -0.2) is 193 Å². The SMILES string of the molecule is CC/C=C\C/C=C\C/C=C\C/C=C\C/C=C\CCCC(=O)NC(COC1OC(CO)C(OC2OC(CO)C(OC3OC(CO)C(O)C(O)C3O)C(O)C2O)C(O)C1O)C(O)/C=C/CC/C=C/CC/C=C/CCCCCC. The van der Waals surface area contributed by atoms with E-state index in [2.05, 4.69) is 92.1 Å². The molecule has 0 aliphatic carbocycles. The normalized spacial score (nSPS) is 31.7. The summed E-state index contributed by atoms with van der Waals surface area (Å²) in [6.45, 7) is 1.46. The molecular weight excluding hydrogens is 987 g/mol. The van der Waals surface area contributed by atoms with Crippen molar-refractivity contribution in [2.24, 2.45) is 0 Å². The second kappa shape index (κ2) is 40.0. The number of hydrogen-bond donors (Lipinski definition) is 12. The Morgan fingerprint density at radius 3 is 1.45 bits per heavy atom. The van der Waals surface area contributed by atoms with Crippen LogP contribution in [0.3, 0.4) is 0 Å². The van der Waals surface area contributed by atoms with Crippen molar-refractivity contribution >= 4 is 5.91 Å². The number of carbonyl (C=O) groups excluding carboxylic acids is 1. The van der Waals surface area contributed by atoms with Crippen LogP contribution in [0.5, 0.6) is 0 Å². The van der Waals surface area contributed by atoms with Crippen LogP contribution in [0, 0.1) is 0 Å². The predicted octanol–water partition coefficient (Wildman–Crippen LogP) is 3.42. The lowest BCUT2D eigenvalue weighted by Crippen LogP contribution is -2.66. The molecule has 3 fully saturated rings. The number of rotatable bonds is 37. The fourth-order valence-electron chi connectivity index (χ4n) is 8.55. The molecule has 434 valence electrons. The van der Waals surface area contributed by atoms with Crippen LogP contribution in [-0.2, 0) is 33.2 Å². The second-order valence-corrected chi connectivity index (χ2v) is 19.3. The van der Waals surface area contributed by atoms with Crippen LogP contribution in [0.2, 0.25) is 0 Å². The lowest BCUT2D eigenvalue weighted by atomic mass is 9.96. The summed E-state index contributed by atoms with van der Waals surface area (Å²) in [4.78, 5) is 13.2. The molecule has 0 aromatic heterocycles. The summed E-state index contributed by atoms with van der Waals surface area (Å²) in [6.07, 6.45) is 21.2. The van der Waals surface area contributed by atoms with E-state index in [1.165, 1.54) is 25.7 Å². The third kappa shape index (κ3) is 24.4. The van der Waals surface area contributed by atoms with Gasteiger partial charge in [-0.25, -0.2) is 0 Å². The maximum atomic E-state index is 13.2. The number of unbranched alkanes of at least 4 members (excludes halogenated alkanes) is 7. The van der Waals surface area contributed by atoms with E-state index in [1.54, 1.807) is 12.2 Å². The van der Waals surface area contributed by atoms with Gasteiger partial charge in [0, 0.05) is 6.42 Å². The second-order valence-electron chi connectivity index (χ2n) is 19.3. The minimum atomic E-state index is -1.99. The molecule has 3 rings (SSSR count). The summed E-state index contributed by atoms with van der Waals surface area (Å²) in [5, 5.41) is 120. The van der Waals surface area contributed by atoms with Crippen molar-refractivity contribution in [2.45, 2.75) is 227 Å². The molecule has 0 spiro atoms. The number of hydrogen-bond acceptors (Lipinski definition) is 18. The molecule has 3 heterocycles. The molecule has 1 amide bonds. The number of carbonyl (C=O) groups is 1. The van der Waals surface area contributed by atoms with Gasteiger partial charge >= 0.3 is 0 Å². The van der Waals surface area contributed by atoms with E-state index < -0.39 is 131 Å². The molecule has 0 bridgehead atoms. The van der Waals surface area contributed by atoms with E-state index in [9.17, 15) is 61.0 Å². The standard InChI is InChI=1S/C57H93NO18/c1-3-5-7-9-11-13-15-17-19-20-21-23-25-27-29-31-33-35-45(63)58-40(41(62)34-32-30-28-26-24-22-18-16-14-12-10-8-6-4-2)39-71-55-51(69)48(66)53(43(37-60)73-55)76-57-52(70)49(67)54(44(38-61)74-57)75-56-50(68)47(65)46(64)42(36-59)72-56/h5,7,11,13-14,16-17,19,21,23-24,26-27,29,32,34,40-44,46-57,59-62,64-70H,3-4,6,8-10,12,15,18,20,22,25,28,30-31,33,35-39H2,1-2H3,(H,58,63)/b7-5-,13-11-,16-14+,19-17-,23-21-,26-24+,29-27-,34-32+. The number of allylic oxidation sites excluding steroid dienone is 15. The monoisotopic (exact) mass is 1080 g/mol. The van der Waals surface area contributed by atoms with Crippen LogP contribution < -0.4 is 5.32 Å². The van der Waals surface area contributed by atoms with E-state index >= 15 is 0 Å². The fourth-order valence-corrected chi connectivity index (χ4v) is 8.55. The highest BCUT2D eigenvalue weighted by molar-refractivity contribution is 5.76. The van der Waals surface area contributed by atoms with Crippen molar-refractivity contribution in [2.75, 3.05) is 26.4 Å². The molecule has 0 aromatic carbocycles. The minimum absolute atomic E-state index is 0.147. The lowest BCUT2D eigenvalue weighted by Gasteiger charge is -2.48. The Bertz CT molecular complexity index is 1770. The van der Waals surface area contributed by atoms with Crippen LogP contribution in [0.4, 0.5) is 0 Å². The van der Waals surface area contributed by atoms with Gasteiger partial charge in [0.15, 0.2) is 18.9 Å². The average molecular weight is 1080 g/mol. The van der Waals surface area contributed by atoms with Crippen LogP contribution in [0.25, 0.3) is 0 Å². The highest BCUT2D eigenvalue weighted by atomic mass is 16.8. The molecule has 19 heteroatoms. The summed E-state index contributed by atoms with van der Waals surface area (Å²) in [5.41, 5.74) is 0. The minimum Gasteiger partial charge on any atom is -0.394 e. The Hall–Kier alpha value is -3.29. The van der Waals surface area contributed by atoms with Crippen molar-refractivity contribution in [3.05, 3.63) is 97.2 Å². The van der Waals surface area contributed by atoms with E-state index in [0.717, 1.165) is 57.8 Å². The summed E-state index contributed by atoms with van der Waals surface area (Å²) < 4.78 is 34.1. The molecule has 12 N–H and O–H groups in total. The van der Waals surface area contributed by atoms with Gasteiger partial charge in [0.25, 0.3) is 0 Å². The van der Waals surface area contributed by atoms with Crippen molar-refractivity contribution in [3.8, 4) is 0 Å². The highest BCUT2D eigenvalue weighted by Gasteiger charge is 2.53. The Balaban J connectivity index is 1.58. The summed E-state index contributed by atoms with van der Waals surface area (Å²) in [6, 6.07) is -1.03. The Kier molecular flexibility index (Phi) is 35.2. The number of ether oxygens (including phenoxy) is 6. The molecule has 3 saturated heterocycles. The summed E-state index contributed by atoms with van der Waals surface area (Å²) in [7, 11) is 0. The number of nitrogens with one attached hydrogen (secondary N) is 1. The first kappa shape index (κ1) is 67.0. The van der Waals surface area contributed by atoms with Gasteiger partial charge in [0.2, 0.25) is 5.91 Å². The van der Waals surface area contributed by atoms with Crippen LogP contribution in [0.15, 0.2) is 97.2 Å². The zero-order valence-corrected chi connectivity index (χ0v) is 44.7. The zero-order chi connectivity index (χ0) is 55.5. The van der Waals surface area contributed by atoms with E-state index in [1.807, 2.05) is 12.2 Å². The smallest absolute Gasteiger partial charge is 0.220 e. The first-order chi connectivity index (χ1) is 36.8. The van der Waals surface area contributed by atoms with Gasteiger partial charge in [-0.3, -0.25) is 4.79 Å². The third-order valence-corrected chi connectivity index (χ3v) is 13.1. The van der Waals surface area contributed by atoms with E-state index in [0.29, 0.717) is 19.3 Å². The Morgan fingerprint density at radius 2 is 0.921 bits per heavy atom. The quantitative estimate of drug-likeness (QED) is 0.0313. The Morgan fingerprint density at radius 1 is 0.487 bits per heavy atom. The van der Waals surface area contributed by atoms with E-state index in [4.69, 9.17) is 28.4 Å². The van der Waals surface area contributed by atoms with Gasteiger partial charge in [-0.2, -0.15) is 0 Å². The molecular formula is C57H93NO18. The van der Waals surface area contributed by atoms with Crippen LogP contribution in [0.1, 0.15) is 123 Å². The van der Waals surface area contributed by atoms with Gasteiger partial charge in [0.05, 0.1) is 38.6 Å².